The second kappa shape index (κ2) is 23.9. The number of benzene rings is 17. The Labute approximate surface area is 681 Å². The molecule has 0 fully saturated rings. The molecule has 0 amide bonds. The standard InChI is InChI=1S/C114H90N2/c1-109(2)95-31-17-13-23-79(95)85-53-43-71(61-101(85)109)115(72-44-54-86-80-24-14-18-32-96(80)110(3,4)102(86)62-72)75-47-57-89-83-49-37-67(59-99(83)113(9,10)105(89)65-75)35-39-69-41-51-93-92-30-22-28-78-70(42-52-94(108(78)92)91-29-21-27-77(69)107(91)93)40-36-68-38-50-84-90-58-48-76(66-106(90)114(11,12)100(84)60-68)116(73-45-55-87-81-25-15-19-33-97(81)111(5,6)103(87)63-73)74-46-56-88-82-26-16-20-34-98(82)112(7,8)104(88)64-74/h13-66H,1-12H3/b39-35+,40-36+. The quantitative estimate of drug-likeness (QED) is 0.0765. The Hall–Kier alpha value is -12.9. The lowest BCUT2D eigenvalue weighted by molar-refractivity contribution is 0.659. The highest BCUT2D eigenvalue weighted by atomic mass is 15.1. The van der Waals surface area contributed by atoms with Crippen LogP contribution in [0.3, 0.4) is 0 Å². The molecule has 0 aliphatic heterocycles. The van der Waals surface area contributed by atoms with E-state index in [4.69, 9.17) is 0 Å². The van der Waals surface area contributed by atoms with Gasteiger partial charge in [-0.1, -0.05) is 338 Å². The normalized spacial score (nSPS) is 16.1. The van der Waals surface area contributed by atoms with E-state index in [2.05, 4.69) is 421 Å². The van der Waals surface area contributed by atoms with Gasteiger partial charge in [0, 0.05) is 66.6 Å². The number of rotatable bonds is 10. The van der Waals surface area contributed by atoms with E-state index in [1.165, 1.54) is 222 Å². The van der Waals surface area contributed by atoms with E-state index in [-0.39, 0.29) is 32.5 Å². The molecule has 0 atom stereocenters. The minimum absolute atomic E-state index is 0.140. The molecule has 6 aliphatic carbocycles. The maximum Gasteiger partial charge on any atom is 0.0465 e. The zero-order chi connectivity index (χ0) is 78.6. The van der Waals surface area contributed by atoms with Gasteiger partial charge in [-0.2, -0.15) is 0 Å². The fourth-order valence-corrected chi connectivity index (χ4v) is 22.6. The molecule has 6 aliphatic rings. The topological polar surface area (TPSA) is 6.48 Å². The van der Waals surface area contributed by atoms with Crippen LogP contribution >= 0.6 is 0 Å². The van der Waals surface area contributed by atoms with Gasteiger partial charge in [0.1, 0.15) is 0 Å². The number of fused-ring (bicyclic) bond motifs is 20. The molecule has 0 unspecified atom stereocenters. The molecule has 17 aromatic rings. The highest BCUT2D eigenvalue weighted by Crippen LogP contribution is 2.60. The fourth-order valence-electron chi connectivity index (χ4n) is 22.6. The van der Waals surface area contributed by atoms with Crippen molar-refractivity contribution in [3.8, 4) is 66.8 Å². The van der Waals surface area contributed by atoms with Crippen molar-refractivity contribution in [1.29, 1.82) is 0 Å². The maximum atomic E-state index is 2.53. The molecule has 0 saturated carbocycles. The Bertz CT molecular complexity index is 6610. The molecule has 0 heterocycles. The van der Waals surface area contributed by atoms with Crippen LogP contribution in [0.5, 0.6) is 0 Å². The average molecular weight is 1490 g/mol. The van der Waals surface area contributed by atoms with Crippen molar-refractivity contribution in [2.24, 2.45) is 0 Å². The van der Waals surface area contributed by atoms with Crippen LogP contribution in [-0.4, -0.2) is 0 Å². The largest absolute Gasteiger partial charge is 0.310 e. The summed E-state index contributed by atoms with van der Waals surface area (Å²) in [6.07, 6.45) is 9.37. The average Bonchev–Trinajstić information content (AvgIpc) is 1.09. The van der Waals surface area contributed by atoms with Gasteiger partial charge >= 0.3 is 0 Å². The Morgan fingerprint density at radius 3 is 0.664 bits per heavy atom. The number of anilines is 6. The van der Waals surface area contributed by atoms with E-state index in [0.717, 1.165) is 11.4 Å². The van der Waals surface area contributed by atoms with Gasteiger partial charge in [0.25, 0.3) is 0 Å². The molecule has 0 N–H and O–H groups in total. The third-order valence-electron chi connectivity index (χ3n) is 28.8. The van der Waals surface area contributed by atoms with Crippen LogP contribution in [-0.2, 0) is 32.5 Å². The smallest absolute Gasteiger partial charge is 0.0465 e. The second-order valence-electron chi connectivity index (χ2n) is 37.1. The first-order valence-corrected chi connectivity index (χ1v) is 41.7. The van der Waals surface area contributed by atoms with Crippen molar-refractivity contribution in [3.63, 3.8) is 0 Å². The molecule has 2 heteroatoms. The summed E-state index contributed by atoms with van der Waals surface area (Å²) in [5.41, 5.74) is 43.1. The molecule has 0 aromatic heterocycles. The van der Waals surface area contributed by atoms with Crippen LogP contribution in [0, 0.1) is 0 Å². The Balaban J connectivity index is 0.546. The van der Waals surface area contributed by atoms with E-state index < -0.39 is 0 Å². The van der Waals surface area contributed by atoms with Gasteiger partial charge in [0.15, 0.2) is 0 Å². The highest BCUT2D eigenvalue weighted by molar-refractivity contribution is 6.34. The lowest BCUT2D eigenvalue weighted by Gasteiger charge is -2.31. The predicted molar refractivity (Wildman–Crippen MR) is 493 cm³/mol. The first-order chi connectivity index (χ1) is 56.0. The van der Waals surface area contributed by atoms with E-state index in [0.29, 0.717) is 0 Å². The van der Waals surface area contributed by atoms with Crippen LogP contribution in [0.25, 0.3) is 134 Å². The molecule has 116 heavy (non-hydrogen) atoms. The van der Waals surface area contributed by atoms with E-state index in [1.807, 2.05) is 0 Å². The van der Waals surface area contributed by atoms with Gasteiger partial charge in [-0.25, -0.2) is 0 Å². The minimum Gasteiger partial charge on any atom is -0.310 e. The maximum absolute atomic E-state index is 2.53. The molecular formula is C114H90N2. The first kappa shape index (κ1) is 68.7. The van der Waals surface area contributed by atoms with Crippen molar-refractivity contribution >= 4 is 102 Å². The molecular weight excluding hydrogens is 1400 g/mol. The Kier molecular flexibility index (Phi) is 14.1. The van der Waals surface area contributed by atoms with Gasteiger partial charge in [-0.05, 0) is 272 Å². The van der Waals surface area contributed by atoms with Crippen molar-refractivity contribution in [2.45, 2.75) is 116 Å². The van der Waals surface area contributed by atoms with Gasteiger partial charge in [-0.3, -0.25) is 0 Å². The summed E-state index contributed by atoms with van der Waals surface area (Å²) in [5, 5.41) is 10.3. The lowest BCUT2D eigenvalue weighted by Crippen LogP contribution is -2.19. The van der Waals surface area contributed by atoms with E-state index >= 15 is 0 Å². The van der Waals surface area contributed by atoms with Crippen LogP contribution in [0.15, 0.2) is 303 Å². The summed E-state index contributed by atoms with van der Waals surface area (Å²) in [5.74, 6) is 0. The summed E-state index contributed by atoms with van der Waals surface area (Å²) >= 11 is 0. The second-order valence-corrected chi connectivity index (χ2v) is 37.1. The van der Waals surface area contributed by atoms with E-state index in [9.17, 15) is 0 Å². The number of hydrogen-bond acceptors (Lipinski definition) is 2. The zero-order valence-electron chi connectivity index (χ0n) is 68.1. The van der Waals surface area contributed by atoms with Crippen molar-refractivity contribution < 1.29 is 0 Å². The summed E-state index contributed by atoms with van der Waals surface area (Å²) in [4.78, 5) is 5.06. The van der Waals surface area contributed by atoms with E-state index in [1.54, 1.807) is 0 Å². The lowest BCUT2D eigenvalue weighted by atomic mass is 9.81. The molecule has 23 rings (SSSR count). The molecule has 0 spiro atoms. The summed E-state index contributed by atoms with van der Waals surface area (Å²) in [7, 11) is 0. The zero-order valence-corrected chi connectivity index (χ0v) is 68.1. The molecule has 0 bridgehead atoms. The van der Waals surface area contributed by atoms with Crippen molar-refractivity contribution in [2.75, 3.05) is 9.80 Å². The van der Waals surface area contributed by atoms with Crippen LogP contribution in [0.1, 0.15) is 172 Å². The summed E-state index contributed by atoms with van der Waals surface area (Å²) < 4.78 is 0. The van der Waals surface area contributed by atoms with Crippen LogP contribution < -0.4 is 9.80 Å². The summed E-state index contributed by atoms with van der Waals surface area (Å²) in [6, 6.07) is 117. The van der Waals surface area contributed by atoms with Crippen LogP contribution in [0.2, 0.25) is 0 Å². The fraction of sp³-hybridized carbons (Fsp3) is 0.158. The Morgan fingerprint density at radius 2 is 0.388 bits per heavy atom. The summed E-state index contributed by atoms with van der Waals surface area (Å²) in [6.45, 7) is 28.8. The monoisotopic (exact) mass is 1490 g/mol. The molecule has 0 radical (unpaired) electrons. The Morgan fingerprint density at radius 1 is 0.172 bits per heavy atom. The predicted octanol–water partition coefficient (Wildman–Crippen LogP) is 30.9. The van der Waals surface area contributed by atoms with Gasteiger partial charge in [0.05, 0.1) is 0 Å². The van der Waals surface area contributed by atoms with Gasteiger partial charge < -0.3 is 9.80 Å². The van der Waals surface area contributed by atoms with Gasteiger partial charge in [-0.15, -0.1) is 0 Å². The number of hydrogen-bond donors (Lipinski definition) is 0. The first-order valence-electron chi connectivity index (χ1n) is 41.7. The third kappa shape index (κ3) is 9.47. The third-order valence-corrected chi connectivity index (χ3v) is 28.8. The van der Waals surface area contributed by atoms with Crippen molar-refractivity contribution in [1.82, 2.24) is 0 Å². The highest BCUT2D eigenvalue weighted by Gasteiger charge is 2.43. The molecule has 0 saturated heterocycles. The minimum atomic E-state index is -0.263. The molecule has 17 aromatic carbocycles. The van der Waals surface area contributed by atoms with Crippen molar-refractivity contribution in [3.05, 3.63) is 392 Å². The molecule has 2 nitrogen and oxygen atoms in total. The molecule has 556 valence electrons. The van der Waals surface area contributed by atoms with Gasteiger partial charge in [0.2, 0.25) is 0 Å². The van der Waals surface area contributed by atoms with Crippen LogP contribution in [0.4, 0.5) is 34.1 Å². The number of nitrogens with zero attached hydrogens (tertiary/aromatic N) is 2. The SMILES string of the molecule is CC1(C)c2ccccc2-c2ccc(N(c3ccc4c(c3)C(C)(C)c3ccccc3-4)c3ccc4c(c3)C(C)(C)c3cc(/C=C/c5ccc6c7cccc8c(/C=C/c9ccc%10c(c9)C(C)(C)c9cc(N(c%11ccc%12c(c%11)C(C)(C)c%11ccccc%11-%12)c%11ccc%12c(c%11)C(C)(C)c%11ccccc%11-%12)ccc9-%10)ccc(c9cccc5c96)c87)ccc3-4)cc21.